The maximum Gasteiger partial charge on any atom is 0.407 e. The van der Waals surface area contributed by atoms with Gasteiger partial charge in [0.25, 0.3) is 0 Å². The number of hydrogen-bond donors (Lipinski definition) is 5. The summed E-state index contributed by atoms with van der Waals surface area (Å²) in [5, 5.41) is 15.9. The molecule has 2 saturated carbocycles. The summed E-state index contributed by atoms with van der Waals surface area (Å²) in [6.45, 7) is 0.108. The summed E-state index contributed by atoms with van der Waals surface area (Å²) in [4.78, 5) is 70.6. The van der Waals surface area contributed by atoms with Gasteiger partial charge in [0.15, 0.2) is 5.89 Å². The van der Waals surface area contributed by atoms with Crippen molar-refractivity contribution in [1.82, 2.24) is 40.9 Å². The van der Waals surface area contributed by atoms with Gasteiger partial charge >= 0.3 is 24.5 Å². The van der Waals surface area contributed by atoms with Gasteiger partial charge in [-0.05, 0) is 61.8 Å². The Morgan fingerprint density at radius 2 is 1.12 bits per heavy atom. The number of alkyl halides is 6. The van der Waals surface area contributed by atoms with E-state index >= 15 is 0 Å². The van der Waals surface area contributed by atoms with E-state index in [0.717, 1.165) is 33.8 Å². The number of hydrogen-bond acceptors (Lipinski definition) is 16. The lowest BCUT2D eigenvalue weighted by molar-refractivity contribution is -0.127. The van der Waals surface area contributed by atoms with Crippen LogP contribution in [0, 0.1) is 5.92 Å². The normalized spacial score (nSPS) is 19.8. The van der Waals surface area contributed by atoms with E-state index in [-0.39, 0.29) is 59.5 Å². The average molecular weight is 1080 g/mol. The first-order valence-corrected chi connectivity index (χ1v) is 25.3. The summed E-state index contributed by atoms with van der Waals surface area (Å²) in [5.74, 6) is 0.431. The van der Waals surface area contributed by atoms with Gasteiger partial charge in [-0.2, -0.15) is 26.3 Å². The molecule has 2 aromatic carbocycles. The SMILES string of the molecule is O=C(N[C@@H]1C[C@H](Nc2ncnc3sc(CC(F)(F)F)cc23)C[C@H](c2ncco2)C1)OCc1ccccc1.O=CCNC(=O)[C@@H]1C[C@H](NC(=O)OCc2ccccc2)C[C@H](Nc2ncnc3sc(CC(F)(F)F)cc23)C1. The molecule has 5 heterocycles. The minimum absolute atomic E-state index is 0.0822. The fraction of sp³-hybridized carbons (Fsp3) is 0.380. The van der Waals surface area contributed by atoms with Crippen molar-refractivity contribution in [2.75, 3.05) is 17.2 Å². The lowest BCUT2D eigenvalue weighted by Crippen LogP contribution is -2.48. The fourth-order valence-corrected chi connectivity index (χ4v) is 11.2. The molecule has 2 fully saturated rings. The first-order valence-electron chi connectivity index (χ1n) is 23.7. The number of rotatable bonds is 16. The van der Waals surface area contributed by atoms with Gasteiger partial charge in [0.05, 0.1) is 36.4 Å². The zero-order chi connectivity index (χ0) is 53.0. The minimum Gasteiger partial charge on any atom is -0.449 e. The van der Waals surface area contributed by atoms with Gasteiger partial charge in [-0.1, -0.05) is 60.7 Å². The Kier molecular flexibility index (Phi) is 17.8. The van der Waals surface area contributed by atoms with Crippen LogP contribution < -0.4 is 26.6 Å². The first-order chi connectivity index (χ1) is 36.0. The summed E-state index contributed by atoms with van der Waals surface area (Å²) in [6.07, 6.45) is -2.70. The van der Waals surface area contributed by atoms with Crippen LogP contribution in [0.4, 0.5) is 47.6 Å². The molecule has 7 aromatic rings. The zero-order valence-electron chi connectivity index (χ0n) is 39.7. The van der Waals surface area contributed by atoms with Crippen molar-refractivity contribution in [3.63, 3.8) is 0 Å². The highest BCUT2D eigenvalue weighted by molar-refractivity contribution is 7.19. The largest absolute Gasteiger partial charge is 0.449 e. The van der Waals surface area contributed by atoms with Gasteiger partial charge in [0.1, 0.15) is 59.7 Å². The van der Waals surface area contributed by atoms with Gasteiger partial charge in [-0.25, -0.2) is 34.5 Å². The number of fused-ring (bicyclic) bond motifs is 2. The number of nitrogens with zero attached hydrogens (tertiary/aromatic N) is 5. The third-order valence-corrected chi connectivity index (χ3v) is 14.3. The number of anilines is 2. The highest BCUT2D eigenvalue weighted by Crippen LogP contribution is 2.38. The molecule has 3 amide bonds. The van der Waals surface area contributed by atoms with E-state index in [0.29, 0.717) is 82.8 Å². The molecule has 0 aliphatic heterocycles. The van der Waals surface area contributed by atoms with Crippen molar-refractivity contribution < 1.29 is 59.4 Å². The maximum atomic E-state index is 12.9. The second kappa shape index (κ2) is 24.7. The number of benzene rings is 2. The third kappa shape index (κ3) is 16.0. The molecule has 396 valence electrons. The predicted octanol–water partition coefficient (Wildman–Crippen LogP) is 9.81. The van der Waals surface area contributed by atoms with E-state index in [9.17, 15) is 45.5 Å². The molecule has 6 atom stereocenters. The van der Waals surface area contributed by atoms with Crippen LogP contribution in [0.1, 0.15) is 71.2 Å². The summed E-state index contributed by atoms with van der Waals surface area (Å²) in [5.41, 5.74) is 1.71. The van der Waals surface area contributed by atoms with Crippen LogP contribution in [0.5, 0.6) is 0 Å². The number of aromatic nitrogens is 5. The second-order valence-corrected chi connectivity index (χ2v) is 20.2. The van der Waals surface area contributed by atoms with E-state index in [4.69, 9.17) is 13.9 Å². The quantitative estimate of drug-likeness (QED) is 0.0449. The molecule has 0 saturated heterocycles. The molecule has 0 radical (unpaired) electrons. The summed E-state index contributed by atoms with van der Waals surface area (Å²) >= 11 is 1.95. The van der Waals surface area contributed by atoms with Gasteiger partial charge in [0, 0.05) is 45.8 Å². The highest BCUT2D eigenvalue weighted by atomic mass is 32.1. The summed E-state index contributed by atoms with van der Waals surface area (Å²) in [6, 6.07) is 20.3. The van der Waals surface area contributed by atoms with Crippen LogP contribution in [0.3, 0.4) is 0 Å². The molecule has 5 N–H and O–H groups in total. The Morgan fingerprint density at radius 1 is 0.640 bits per heavy atom. The maximum absolute atomic E-state index is 12.9. The van der Waals surface area contributed by atoms with Crippen molar-refractivity contribution in [2.24, 2.45) is 5.92 Å². The number of nitrogens with one attached hydrogen (secondary N) is 5. The fourth-order valence-electron chi connectivity index (χ4n) is 9.11. The van der Waals surface area contributed by atoms with Crippen molar-refractivity contribution in [1.29, 1.82) is 0 Å². The summed E-state index contributed by atoms with van der Waals surface area (Å²) in [7, 11) is 0. The van der Waals surface area contributed by atoms with Crippen molar-refractivity contribution >= 4 is 79.1 Å². The second-order valence-electron chi connectivity index (χ2n) is 18.0. The van der Waals surface area contributed by atoms with Crippen LogP contribution >= 0.6 is 22.7 Å². The van der Waals surface area contributed by atoms with Crippen LogP contribution in [0.15, 0.2) is 102 Å². The number of thiophene rings is 2. The standard InChI is InChI=1S/C25H26F3N5O4S.C25H24F3N5O3S/c26-25(27,28)12-19-11-20-21(30-14-31-23(20)38-19)32-17-8-16(22(35)29-6-7-34)9-18(10-17)33-24(36)37-13-15-4-2-1-3-5-15;26-25(27,28)12-19-11-20-21(30-14-31-23(20)37-19)32-17-8-16(22-29-6-7-35-22)9-18(10-17)33-24(34)36-13-15-4-2-1-3-5-15/h1-5,7,11,14,16-18H,6,8-10,12-13H2,(H,29,35)(H,33,36)(H,30,31,32);1-7,11,14,16-18H,8-10,12-13H2,(H,33,34)(H,30,31,32)/t2*16-,17+,18-/m00/s1. The van der Waals surface area contributed by atoms with Crippen molar-refractivity contribution in [3.8, 4) is 0 Å². The number of halogens is 6. The number of oxazole rings is 1. The molecule has 17 nitrogen and oxygen atoms in total. The number of carbonyl (C=O) groups is 4. The predicted molar refractivity (Wildman–Crippen MR) is 266 cm³/mol. The number of amides is 3. The van der Waals surface area contributed by atoms with Crippen LogP contribution in [-0.2, 0) is 45.1 Å². The van der Waals surface area contributed by atoms with Gasteiger partial charge in [-0.15, -0.1) is 22.7 Å². The van der Waals surface area contributed by atoms with E-state index in [1.54, 1.807) is 6.20 Å². The lowest BCUT2D eigenvalue weighted by Gasteiger charge is -2.35. The topological polar surface area (TPSA) is 224 Å². The smallest absolute Gasteiger partial charge is 0.407 e. The molecule has 9 rings (SSSR count). The van der Waals surface area contributed by atoms with E-state index < -0.39 is 49.3 Å². The molecule has 2 aliphatic carbocycles. The van der Waals surface area contributed by atoms with Crippen LogP contribution in [0.25, 0.3) is 20.4 Å². The molecule has 0 spiro atoms. The molecule has 75 heavy (non-hydrogen) atoms. The average Bonchev–Trinajstić information content (AvgIpc) is 4.16. The minimum atomic E-state index is -4.35. The van der Waals surface area contributed by atoms with Gasteiger partial charge in [0.2, 0.25) is 5.91 Å². The number of alkyl carbamates (subject to hydrolysis) is 2. The van der Waals surface area contributed by atoms with Crippen molar-refractivity contribution in [2.45, 2.75) is 107 Å². The Morgan fingerprint density at radius 3 is 1.60 bits per heavy atom. The Bertz CT molecular complexity index is 3000. The Balaban J connectivity index is 0.000000199. The molecular formula is C50H50F6N10O7S2. The Hall–Kier alpha value is -7.41. The molecular weight excluding hydrogens is 1030 g/mol. The third-order valence-electron chi connectivity index (χ3n) is 12.2. The number of ether oxygens (including phenoxy) is 2. The number of carbonyl (C=O) groups excluding carboxylic acids is 4. The molecule has 0 unspecified atom stereocenters. The van der Waals surface area contributed by atoms with Crippen LogP contribution in [-0.4, -0.2) is 92.4 Å². The van der Waals surface area contributed by atoms with Gasteiger partial charge in [-0.3, -0.25) is 4.79 Å². The first kappa shape index (κ1) is 53.9. The van der Waals surface area contributed by atoms with E-state index in [1.807, 2.05) is 60.7 Å². The van der Waals surface area contributed by atoms with Gasteiger partial charge < -0.3 is 45.3 Å². The Labute approximate surface area is 432 Å². The zero-order valence-corrected chi connectivity index (χ0v) is 41.4. The summed E-state index contributed by atoms with van der Waals surface area (Å²) < 4.78 is 93.7. The molecule has 2 aliphatic rings. The number of aldehydes is 1. The highest BCUT2D eigenvalue weighted by Gasteiger charge is 2.37. The lowest BCUT2D eigenvalue weighted by atomic mass is 9.81. The molecule has 0 bridgehead atoms. The van der Waals surface area contributed by atoms with Crippen molar-refractivity contribution in [3.05, 3.63) is 125 Å². The van der Waals surface area contributed by atoms with E-state index in [2.05, 4.69) is 51.5 Å². The van der Waals surface area contributed by atoms with Crippen LogP contribution in [0.2, 0.25) is 0 Å². The molecule has 25 heteroatoms. The van der Waals surface area contributed by atoms with E-state index in [1.165, 1.54) is 31.1 Å². The molecule has 5 aromatic heterocycles. The monoisotopic (exact) mass is 1080 g/mol.